The molecule has 0 saturated heterocycles. The Morgan fingerprint density at radius 1 is 1.53 bits per heavy atom. The van der Waals surface area contributed by atoms with E-state index < -0.39 is 0 Å². The standard InChI is InChI=1S/C12H22N2O/c1-4-7-14(8-5-2)12(15)9-11(6-3)10-13/h1,11H,5-10,13H2,2-3H3. The van der Waals surface area contributed by atoms with Gasteiger partial charge in [-0.3, -0.25) is 4.79 Å². The van der Waals surface area contributed by atoms with E-state index in [0.717, 1.165) is 19.4 Å². The zero-order valence-electron chi connectivity index (χ0n) is 9.83. The zero-order valence-corrected chi connectivity index (χ0v) is 9.83. The van der Waals surface area contributed by atoms with Crippen LogP contribution in [0, 0.1) is 18.3 Å². The minimum atomic E-state index is 0.132. The Hall–Kier alpha value is -1.01. The lowest BCUT2D eigenvalue weighted by atomic mass is 10.0. The third kappa shape index (κ3) is 5.44. The summed E-state index contributed by atoms with van der Waals surface area (Å²) in [5.74, 6) is 2.93. The van der Waals surface area contributed by atoms with Crippen molar-refractivity contribution in [2.24, 2.45) is 11.7 Å². The Morgan fingerprint density at radius 2 is 2.20 bits per heavy atom. The Labute approximate surface area is 93.0 Å². The molecule has 0 aromatic carbocycles. The molecule has 0 aromatic rings. The highest BCUT2D eigenvalue weighted by Gasteiger charge is 2.15. The molecule has 15 heavy (non-hydrogen) atoms. The van der Waals surface area contributed by atoms with Gasteiger partial charge >= 0.3 is 0 Å². The van der Waals surface area contributed by atoms with Gasteiger partial charge in [0.25, 0.3) is 0 Å². The van der Waals surface area contributed by atoms with Gasteiger partial charge in [0.15, 0.2) is 0 Å². The first-order chi connectivity index (χ1) is 7.19. The van der Waals surface area contributed by atoms with Crippen molar-refractivity contribution >= 4 is 5.91 Å². The molecule has 0 fully saturated rings. The Kier molecular flexibility index (Phi) is 7.75. The summed E-state index contributed by atoms with van der Waals surface area (Å²) in [6.07, 6.45) is 7.63. The second-order valence-corrected chi connectivity index (χ2v) is 3.73. The fraction of sp³-hybridized carbons (Fsp3) is 0.750. The lowest BCUT2D eigenvalue weighted by Crippen LogP contribution is -2.34. The average Bonchev–Trinajstić information content (AvgIpc) is 2.25. The van der Waals surface area contributed by atoms with Crippen molar-refractivity contribution in [1.82, 2.24) is 4.90 Å². The summed E-state index contributed by atoms with van der Waals surface area (Å²) in [5, 5.41) is 0. The lowest BCUT2D eigenvalue weighted by molar-refractivity contribution is -0.131. The maximum Gasteiger partial charge on any atom is 0.223 e. The van der Waals surface area contributed by atoms with Crippen LogP contribution >= 0.6 is 0 Å². The first-order valence-corrected chi connectivity index (χ1v) is 5.60. The van der Waals surface area contributed by atoms with Crippen LogP contribution in [-0.2, 0) is 4.79 Å². The first-order valence-electron chi connectivity index (χ1n) is 5.60. The Balaban J connectivity index is 4.18. The van der Waals surface area contributed by atoms with E-state index in [1.54, 1.807) is 4.90 Å². The predicted molar refractivity (Wildman–Crippen MR) is 63.2 cm³/mol. The molecular weight excluding hydrogens is 188 g/mol. The van der Waals surface area contributed by atoms with E-state index >= 15 is 0 Å². The van der Waals surface area contributed by atoms with Crippen LogP contribution in [0.3, 0.4) is 0 Å². The van der Waals surface area contributed by atoms with Gasteiger partial charge in [0.2, 0.25) is 5.91 Å². The monoisotopic (exact) mass is 210 g/mol. The van der Waals surface area contributed by atoms with E-state index in [4.69, 9.17) is 12.2 Å². The molecule has 0 aliphatic rings. The van der Waals surface area contributed by atoms with Gasteiger partial charge in [-0.25, -0.2) is 0 Å². The molecule has 1 unspecified atom stereocenters. The number of hydrogen-bond donors (Lipinski definition) is 1. The highest BCUT2D eigenvalue weighted by Crippen LogP contribution is 2.09. The van der Waals surface area contributed by atoms with E-state index in [1.807, 2.05) is 6.92 Å². The number of amides is 1. The summed E-state index contributed by atoms with van der Waals surface area (Å²) in [4.78, 5) is 13.6. The number of carbonyl (C=O) groups excluding carboxylic acids is 1. The quantitative estimate of drug-likeness (QED) is 0.642. The van der Waals surface area contributed by atoms with Crippen LogP contribution in [-0.4, -0.2) is 30.4 Å². The molecule has 0 bridgehead atoms. The van der Waals surface area contributed by atoms with E-state index in [-0.39, 0.29) is 11.8 Å². The average molecular weight is 210 g/mol. The van der Waals surface area contributed by atoms with Gasteiger partial charge < -0.3 is 10.6 Å². The van der Waals surface area contributed by atoms with Gasteiger partial charge in [-0.2, -0.15) is 0 Å². The highest BCUT2D eigenvalue weighted by atomic mass is 16.2. The molecule has 0 aliphatic carbocycles. The summed E-state index contributed by atoms with van der Waals surface area (Å²) < 4.78 is 0. The van der Waals surface area contributed by atoms with Gasteiger partial charge in [0.05, 0.1) is 6.54 Å². The second-order valence-electron chi connectivity index (χ2n) is 3.73. The van der Waals surface area contributed by atoms with Crippen LogP contribution in [0.4, 0.5) is 0 Å². The van der Waals surface area contributed by atoms with Crippen molar-refractivity contribution in [3.8, 4) is 12.3 Å². The van der Waals surface area contributed by atoms with Gasteiger partial charge in [0.1, 0.15) is 0 Å². The summed E-state index contributed by atoms with van der Waals surface area (Å²) in [6.45, 7) is 5.81. The summed E-state index contributed by atoms with van der Waals surface area (Å²) in [5.41, 5.74) is 5.57. The molecule has 0 heterocycles. The van der Waals surface area contributed by atoms with E-state index in [9.17, 15) is 4.79 Å². The molecule has 0 spiro atoms. The summed E-state index contributed by atoms with van der Waals surface area (Å²) in [6, 6.07) is 0. The van der Waals surface area contributed by atoms with Crippen molar-refractivity contribution in [3.63, 3.8) is 0 Å². The second kappa shape index (κ2) is 8.31. The molecule has 0 saturated carbocycles. The van der Waals surface area contributed by atoms with Crippen molar-refractivity contribution < 1.29 is 4.79 Å². The SMILES string of the molecule is C#CCN(CCC)C(=O)CC(CC)CN. The fourth-order valence-electron chi connectivity index (χ4n) is 1.44. The third-order valence-corrected chi connectivity index (χ3v) is 2.50. The Bertz CT molecular complexity index is 216. The normalized spacial score (nSPS) is 11.9. The van der Waals surface area contributed by atoms with Crippen molar-refractivity contribution in [1.29, 1.82) is 0 Å². The minimum absolute atomic E-state index is 0.132. The van der Waals surface area contributed by atoms with Crippen LogP contribution in [0.25, 0.3) is 0 Å². The maximum absolute atomic E-state index is 11.8. The largest absolute Gasteiger partial charge is 0.332 e. The highest BCUT2D eigenvalue weighted by molar-refractivity contribution is 5.76. The molecule has 0 radical (unpaired) electrons. The van der Waals surface area contributed by atoms with Gasteiger partial charge in [-0.05, 0) is 18.9 Å². The van der Waals surface area contributed by atoms with Crippen LogP contribution in [0.5, 0.6) is 0 Å². The van der Waals surface area contributed by atoms with Crippen LogP contribution < -0.4 is 5.73 Å². The van der Waals surface area contributed by atoms with E-state index in [0.29, 0.717) is 19.5 Å². The summed E-state index contributed by atoms with van der Waals surface area (Å²) in [7, 11) is 0. The number of nitrogens with two attached hydrogens (primary N) is 1. The molecule has 3 nitrogen and oxygen atoms in total. The van der Waals surface area contributed by atoms with Crippen molar-refractivity contribution in [3.05, 3.63) is 0 Å². The van der Waals surface area contributed by atoms with Crippen LogP contribution in [0.1, 0.15) is 33.1 Å². The molecule has 1 atom stereocenters. The molecule has 0 aliphatic heterocycles. The molecule has 3 heteroatoms. The minimum Gasteiger partial charge on any atom is -0.332 e. The van der Waals surface area contributed by atoms with E-state index in [1.165, 1.54) is 0 Å². The maximum atomic E-state index is 11.8. The molecule has 0 rings (SSSR count). The molecule has 86 valence electrons. The number of nitrogens with zero attached hydrogens (tertiary/aromatic N) is 1. The van der Waals surface area contributed by atoms with Crippen molar-refractivity contribution in [2.75, 3.05) is 19.6 Å². The molecule has 0 aromatic heterocycles. The Morgan fingerprint density at radius 3 is 2.60 bits per heavy atom. The first kappa shape index (κ1) is 14.0. The predicted octanol–water partition coefficient (Wildman–Crippen LogP) is 1.23. The lowest BCUT2D eigenvalue weighted by Gasteiger charge is -2.21. The fourth-order valence-corrected chi connectivity index (χ4v) is 1.44. The van der Waals surface area contributed by atoms with Crippen LogP contribution in [0.2, 0.25) is 0 Å². The smallest absolute Gasteiger partial charge is 0.223 e. The zero-order chi connectivity index (χ0) is 11.7. The van der Waals surface area contributed by atoms with Gasteiger partial charge in [-0.15, -0.1) is 6.42 Å². The molecule has 1 amide bonds. The third-order valence-electron chi connectivity index (χ3n) is 2.50. The number of carbonyl (C=O) groups is 1. The van der Waals surface area contributed by atoms with Crippen LogP contribution in [0.15, 0.2) is 0 Å². The van der Waals surface area contributed by atoms with Gasteiger partial charge in [0, 0.05) is 13.0 Å². The van der Waals surface area contributed by atoms with Crippen molar-refractivity contribution in [2.45, 2.75) is 33.1 Å². The van der Waals surface area contributed by atoms with E-state index in [2.05, 4.69) is 12.8 Å². The number of hydrogen-bond acceptors (Lipinski definition) is 2. The number of rotatable bonds is 7. The topological polar surface area (TPSA) is 46.3 Å². The van der Waals surface area contributed by atoms with Gasteiger partial charge in [-0.1, -0.05) is 26.2 Å². The number of terminal acetylenes is 1. The molecule has 2 N–H and O–H groups in total. The summed E-state index contributed by atoms with van der Waals surface area (Å²) >= 11 is 0. The molecular formula is C12H22N2O.